The number of allylic oxidation sites excluding steroid dienone is 1. The molecule has 29 heavy (non-hydrogen) atoms. The van der Waals surface area contributed by atoms with Crippen molar-refractivity contribution in [1.82, 2.24) is 14.8 Å². The molecule has 9 heteroatoms. The van der Waals surface area contributed by atoms with Gasteiger partial charge in [-0.25, -0.2) is 4.98 Å². The first-order chi connectivity index (χ1) is 13.7. The number of aromatic nitrogens is 3. The predicted octanol–water partition coefficient (Wildman–Crippen LogP) is 4.42. The Morgan fingerprint density at radius 3 is 2.52 bits per heavy atom. The van der Waals surface area contributed by atoms with Crippen molar-refractivity contribution < 1.29 is 18.0 Å². The Bertz CT molecular complexity index is 922. The number of carbonyl (C=O) groups is 1. The summed E-state index contributed by atoms with van der Waals surface area (Å²) in [5.74, 6) is -0.167. The minimum Gasteiger partial charge on any atom is -0.383 e. The molecule has 0 radical (unpaired) electrons. The number of nitrogens with one attached hydrogen (secondary N) is 1. The van der Waals surface area contributed by atoms with Gasteiger partial charge in [0.15, 0.2) is 0 Å². The molecule has 6 nitrogen and oxygen atoms in total. The highest BCUT2D eigenvalue weighted by atomic mass is 19.4. The summed E-state index contributed by atoms with van der Waals surface area (Å²) in [4.78, 5) is 16.2. The summed E-state index contributed by atoms with van der Waals surface area (Å²) in [6.07, 6.45) is 2.26. The van der Waals surface area contributed by atoms with Gasteiger partial charge in [-0.15, -0.1) is 0 Å². The van der Waals surface area contributed by atoms with Crippen LogP contribution in [0, 0.1) is 0 Å². The van der Waals surface area contributed by atoms with Crippen LogP contribution in [0.3, 0.4) is 0 Å². The molecule has 3 N–H and O–H groups in total. The van der Waals surface area contributed by atoms with E-state index in [4.69, 9.17) is 5.73 Å². The maximum Gasteiger partial charge on any atom is 0.433 e. The average molecular weight is 407 g/mol. The van der Waals surface area contributed by atoms with Gasteiger partial charge >= 0.3 is 6.18 Å². The van der Waals surface area contributed by atoms with E-state index in [9.17, 15) is 18.0 Å². The standard InChI is InChI=1S/C20H24F3N5O/c1-3-15(19(29)26-14-10-25-28(2)11-14)12-4-6-13(7-5-12)16-8-9-17(20(21,22)23)27-18(16)24/h8-11,13H,3-7H2,1-2H3,(H2,24,27)(H,26,29). The first-order valence-corrected chi connectivity index (χ1v) is 9.53. The molecule has 2 aromatic rings. The number of anilines is 2. The third kappa shape index (κ3) is 4.78. The minimum atomic E-state index is -4.51. The van der Waals surface area contributed by atoms with Gasteiger partial charge in [0.1, 0.15) is 11.5 Å². The zero-order valence-electron chi connectivity index (χ0n) is 16.4. The third-order valence-corrected chi connectivity index (χ3v) is 5.29. The summed E-state index contributed by atoms with van der Waals surface area (Å²) < 4.78 is 40.0. The molecule has 156 valence electrons. The molecule has 2 heterocycles. The van der Waals surface area contributed by atoms with Crippen molar-refractivity contribution in [3.8, 4) is 0 Å². The number of hydrogen-bond acceptors (Lipinski definition) is 4. The van der Waals surface area contributed by atoms with E-state index >= 15 is 0 Å². The molecule has 0 aromatic carbocycles. The lowest BCUT2D eigenvalue weighted by molar-refractivity contribution is -0.141. The average Bonchev–Trinajstić information content (AvgIpc) is 3.07. The van der Waals surface area contributed by atoms with Crippen LogP contribution in [0.4, 0.5) is 24.7 Å². The van der Waals surface area contributed by atoms with Crippen molar-refractivity contribution in [1.29, 1.82) is 0 Å². The van der Waals surface area contributed by atoms with Crippen LogP contribution >= 0.6 is 0 Å². The van der Waals surface area contributed by atoms with Gasteiger partial charge in [0.05, 0.1) is 11.9 Å². The molecular formula is C20H24F3N5O. The molecule has 0 bridgehead atoms. The van der Waals surface area contributed by atoms with Crippen LogP contribution in [0.2, 0.25) is 0 Å². The Morgan fingerprint density at radius 1 is 1.31 bits per heavy atom. The normalized spacial score (nSPS) is 17.3. The fourth-order valence-electron chi connectivity index (χ4n) is 3.83. The molecule has 0 spiro atoms. The molecule has 0 saturated heterocycles. The number of nitrogens with two attached hydrogens (primary N) is 1. The number of aryl methyl sites for hydroxylation is 1. The molecule has 1 amide bonds. The van der Waals surface area contributed by atoms with Crippen molar-refractivity contribution in [2.75, 3.05) is 11.1 Å². The number of hydrogen-bond donors (Lipinski definition) is 2. The second-order valence-corrected chi connectivity index (χ2v) is 7.24. The Hall–Kier alpha value is -2.84. The van der Waals surface area contributed by atoms with Gasteiger partial charge in [-0.2, -0.15) is 18.3 Å². The van der Waals surface area contributed by atoms with Gasteiger partial charge < -0.3 is 11.1 Å². The van der Waals surface area contributed by atoms with Crippen molar-refractivity contribution in [2.24, 2.45) is 7.05 Å². The van der Waals surface area contributed by atoms with E-state index in [-0.39, 0.29) is 17.6 Å². The maximum atomic E-state index is 12.8. The number of nitrogen functional groups attached to an aromatic ring is 1. The van der Waals surface area contributed by atoms with Crippen molar-refractivity contribution in [3.63, 3.8) is 0 Å². The lowest BCUT2D eigenvalue weighted by atomic mass is 9.79. The Balaban J connectivity index is 1.70. The van der Waals surface area contributed by atoms with Gasteiger partial charge in [0.2, 0.25) is 0 Å². The lowest BCUT2D eigenvalue weighted by Gasteiger charge is -2.27. The van der Waals surface area contributed by atoms with E-state index in [2.05, 4.69) is 15.4 Å². The van der Waals surface area contributed by atoms with Crippen LogP contribution in [0.25, 0.3) is 0 Å². The Kier molecular flexibility index (Phi) is 5.95. The first kappa shape index (κ1) is 20.9. The molecule has 1 aliphatic rings. The quantitative estimate of drug-likeness (QED) is 0.735. The third-order valence-electron chi connectivity index (χ3n) is 5.29. The summed E-state index contributed by atoms with van der Waals surface area (Å²) >= 11 is 0. The summed E-state index contributed by atoms with van der Waals surface area (Å²) in [5.41, 5.74) is 7.96. The van der Waals surface area contributed by atoms with Crippen molar-refractivity contribution in [2.45, 2.75) is 51.1 Å². The number of nitrogens with zero attached hydrogens (tertiary/aromatic N) is 3. The van der Waals surface area contributed by atoms with E-state index in [1.807, 2.05) is 6.92 Å². The maximum absolute atomic E-state index is 12.8. The summed E-state index contributed by atoms with van der Waals surface area (Å²) in [5, 5.41) is 6.90. The van der Waals surface area contributed by atoms with E-state index in [1.165, 1.54) is 6.07 Å². The van der Waals surface area contributed by atoms with Crippen LogP contribution in [0.1, 0.15) is 56.2 Å². The monoisotopic (exact) mass is 407 g/mol. The number of rotatable bonds is 4. The zero-order chi connectivity index (χ0) is 21.2. The van der Waals surface area contributed by atoms with Gasteiger partial charge in [0, 0.05) is 18.8 Å². The molecule has 1 aliphatic carbocycles. The Labute approximate surface area is 167 Å². The topological polar surface area (TPSA) is 85.8 Å². The summed E-state index contributed by atoms with van der Waals surface area (Å²) in [7, 11) is 1.78. The highest BCUT2D eigenvalue weighted by Gasteiger charge is 2.33. The molecular weight excluding hydrogens is 383 g/mol. The SMILES string of the molecule is CCC(C(=O)Nc1cnn(C)c1)=C1CCC(c2ccc(C(F)(F)F)nc2N)CC1. The lowest BCUT2D eigenvalue weighted by Crippen LogP contribution is -2.18. The number of halogens is 3. The van der Waals surface area contributed by atoms with Crippen LogP contribution < -0.4 is 11.1 Å². The molecule has 0 aliphatic heterocycles. The Morgan fingerprint density at radius 2 is 2.00 bits per heavy atom. The smallest absolute Gasteiger partial charge is 0.383 e. The number of alkyl halides is 3. The highest BCUT2D eigenvalue weighted by Crippen LogP contribution is 2.40. The van der Waals surface area contributed by atoms with Crippen LogP contribution in [0.5, 0.6) is 0 Å². The summed E-state index contributed by atoms with van der Waals surface area (Å²) in [6.45, 7) is 1.94. The molecule has 1 fully saturated rings. The summed E-state index contributed by atoms with van der Waals surface area (Å²) in [6, 6.07) is 2.41. The second kappa shape index (κ2) is 8.26. The first-order valence-electron chi connectivity index (χ1n) is 9.53. The predicted molar refractivity (Wildman–Crippen MR) is 104 cm³/mol. The fourth-order valence-corrected chi connectivity index (χ4v) is 3.83. The van der Waals surface area contributed by atoms with Crippen LogP contribution in [-0.4, -0.2) is 20.7 Å². The molecule has 2 aromatic heterocycles. The zero-order valence-corrected chi connectivity index (χ0v) is 16.4. The number of amides is 1. The molecule has 0 unspecified atom stereocenters. The van der Waals surface area contributed by atoms with E-state index in [0.717, 1.165) is 30.1 Å². The van der Waals surface area contributed by atoms with Crippen molar-refractivity contribution >= 4 is 17.4 Å². The highest BCUT2D eigenvalue weighted by molar-refractivity contribution is 6.04. The van der Waals surface area contributed by atoms with Gasteiger partial charge in [0.25, 0.3) is 5.91 Å². The molecule has 3 rings (SSSR count). The number of pyridine rings is 1. The van der Waals surface area contributed by atoms with Crippen LogP contribution in [-0.2, 0) is 18.0 Å². The van der Waals surface area contributed by atoms with Gasteiger partial charge in [-0.3, -0.25) is 9.48 Å². The van der Waals surface area contributed by atoms with Gasteiger partial charge in [-0.05, 0) is 49.7 Å². The minimum absolute atomic E-state index is 0.0352. The second-order valence-electron chi connectivity index (χ2n) is 7.24. The van der Waals surface area contributed by atoms with E-state index < -0.39 is 11.9 Å². The van der Waals surface area contributed by atoms with E-state index in [0.29, 0.717) is 30.5 Å². The molecule has 0 atom stereocenters. The number of carbonyl (C=O) groups excluding carboxylic acids is 1. The van der Waals surface area contributed by atoms with Crippen molar-refractivity contribution in [3.05, 3.63) is 46.9 Å². The fraction of sp³-hybridized carbons (Fsp3) is 0.450. The van der Waals surface area contributed by atoms with E-state index in [1.54, 1.807) is 24.1 Å². The largest absolute Gasteiger partial charge is 0.433 e. The van der Waals surface area contributed by atoms with Crippen LogP contribution in [0.15, 0.2) is 35.7 Å². The molecule has 1 saturated carbocycles. The van der Waals surface area contributed by atoms with Gasteiger partial charge in [-0.1, -0.05) is 18.6 Å².